The third-order valence-electron chi connectivity index (χ3n) is 2.12. The summed E-state index contributed by atoms with van der Waals surface area (Å²) in [6.45, 7) is 3.14. The Balaban J connectivity index is 2.69. The molecule has 0 amide bonds. The van der Waals surface area contributed by atoms with Crippen molar-refractivity contribution in [3.63, 3.8) is 0 Å². The zero-order valence-corrected chi connectivity index (χ0v) is 10.2. The number of hydrogen-bond acceptors (Lipinski definition) is 5. The van der Waals surface area contributed by atoms with Crippen LogP contribution in [0, 0.1) is 0 Å². The average Bonchev–Trinajstić information content (AvgIpc) is 2.71. The van der Waals surface area contributed by atoms with Gasteiger partial charge in [0, 0.05) is 0 Å². The molecule has 0 aromatic carbocycles. The highest BCUT2D eigenvalue weighted by molar-refractivity contribution is 7.98. The molecule has 4 nitrogen and oxygen atoms in total. The van der Waals surface area contributed by atoms with Crippen LogP contribution in [-0.2, 0) is 5.75 Å². The number of alkyl halides is 3. The summed E-state index contributed by atoms with van der Waals surface area (Å²) in [6, 6.07) is 0. The third-order valence-corrected chi connectivity index (χ3v) is 2.99. The Labute approximate surface area is 101 Å². The van der Waals surface area contributed by atoms with E-state index in [9.17, 15) is 13.2 Å². The van der Waals surface area contributed by atoms with E-state index in [-0.39, 0.29) is 5.89 Å². The van der Waals surface area contributed by atoms with E-state index in [4.69, 9.17) is 9.63 Å². The molecule has 0 radical (unpaired) electrons. The fourth-order valence-electron chi connectivity index (χ4n) is 1.12. The maximum absolute atomic E-state index is 12.3. The SMILES string of the molecule is CCSCc1noc(C(C)C(O)C(F)(F)F)n1. The largest absolute Gasteiger partial charge is 0.415 e. The lowest BCUT2D eigenvalue weighted by Gasteiger charge is -2.17. The lowest BCUT2D eigenvalue weighted by Crippen LogP contribution is -2.33. The second-order valence-electron chi connectivity index (χ2n) is 3.46. The van der Waals surface area contributed by atoms with Crippen molar-refractivity contribution in [3.8, 4) is 0 Å². The van der Waals surface area contributed by atoms with Crippen LogP contribution in [0.5, 0.6) is 0 Å². The Bertz CT molecular complexity index is 356. The van der Waals surface area contributed by atoms with Gasteiger partial charge in [0.1, 0.15) is 0 Å². The average molecular weight is 270 g/mol. The molecule has 0 bridgehead atoms. The van der Waals surface area contributed by atoms with Gasteiger partial charge in [0.05, 0.1) is 11.7 Å². The van der Waals surface area contributed by atoms with E-state index in [0.717, 1.165) is 5.75 Å². The smallest absolute Gasteiger partial charge is 0.383 e. The van der Waals surface area contributed by atoms with E-state index in [0.29, 0.717) is 11.6 Å². The summed E-state index contributed by atoms with van der Waals surface area (Å²) in [6.07, 6.45) is -7.18. The molecule has 1 heterocycles. The van der Waals surface area contributed by atoms with Gasteiger partial charge in [-0.05, 0) is 5.75 Å². The molecule has 1 aromatic heterocycles. The molecule has 0 aliphatic carbocycles. The topological polar surface area (TPSA) is 59.2 Å². The molecule has 2 atom stereocenters. The highest BCUT2D eigenvalue weighted by Crippen LogP contribution is 2.30. The van der Waals surface area contributed by atoms with Crippen molar-refractivity contribution in [2.75, 3.05) is 5.75 Å². The van der Waals surface area contributed by atoms with Crippen LogP contribution in [-0.4, -0.2) is 33.3 Å². The van der Waals surface area contributed by atoms with Crippen molar-refractivity contribution in [3.05, 3.63) is 11.7 Å². The first-order valence-electron chi connectivity index (χ1n) is 5.01. The molecule has 98 valence electrons. The Kier molecular flexibility index (Phi) is 4.81. The lowest BCUT2D eigenvalue weighted by atomic mass is 10.1. The first-order chi connectivity index (χ1) is 7.86. The number of rotatable bonds is 5. The van der Waals surface area contributed by atoms with Crippen LogP contribution in [0.1, 0.15) is 31.5 Å². The van der Waals surface area contributed by atoms with Gasteiger partial charge in [0.15, 0.2) is 11.9 Å². The van der Waals surface area contributed by atoms with Crippen molar-refractivity contribution >= 4 is 11.8 Å². The molecule has 0 spiro atoms. The van der Waals surface area contributed by atoms with Gasteiger partial charge in [0.25, 0.3) is 0 Å². The summed E-state index contributed by atoms with van der Waals surface area (Å²) < 4.78 is 41.5. The maximum atomic E-state index is 12.3. The van der Waals surface area contributed by atoms with Gasteiger partial charge < -0.3 is 9.63 Å². The van der Waals surface area contributed by atoms with Gasteiger partial charge in [-0.2, -0.15) is 29.9 Å². The van der Waals surface area contributed by atoms with Gasteiger partial charge >= 0.3 is 6.18 Å². The van der Waals surface area contributed by atoms with Gasteiger partial charge in [-0.25, -0.2) is 0 Å². The summed E-state index contributed by atoms with van der Waals surface area (Å²) in [5.41, 5.74) is 0. The van der Waals surface area contributed by atoms with Crippen molar-refractivity contribution in [2.45, 2.75) is 37.8 Å². The van der Waals surface area contributed by atoms with E-state index in [2.05, 4.69) is 10.1 Å². The van der Waals surface area contributed by atoms with Crippen LogP contribution in [0.4, 0.5) is 13.2 Å². The van der Waals surface area contributed by atoms with Crippen molar-refractivity contribution in [2.24, 2.45) is 0 Å². The number of halogens is 3. The van der Waals surface area contributed by atoms with Crippen LogP contribution in [0.2, 0.25) is 0 Å². The molecule has 1 rings (SSSR count). The van der Waals surface area contributed by atoms with E-state index in [1.807, 2.05) is 6.92 Å². The number of aliphatic hydroxyl groups is 1. The molecule has 0 aliphatic heterocycles. The van der Waals surface area contributed by atoms with Gasteiger partial charge in [0.2, 0.25) is 5.89 Å². The minimum absolute atomic E-state index is 0.193. The Hall–Kier alpha value is -0.760. The number of thioether (sulfide) groups is 1. The van der Waals surface area contributed by atoms with Gasteiger partial charge in [-0.15, -0.1) is 0 Å². The minimum Gasteiger partial charge on any atom is -0.383 e. The molecular formula is C9H13F3N2O2S. The maximum Gasteiger partial charge on any atom is 0.415 e. The van der Waals surface area contributed by atoms with Crippen LogP contribution in [0.15, 0.2) is 4.52 Å². The van der Waals surface area contributed by atoms with E-state index in [1.165, 1.54) is 18.7 Å². The van der Waals surface area contributed by atoms with E-state index < -0.39 is 18.2 Å². The second kappa shape index (κ2) is 5.72. The van der Waals surface area contributed by atoms with Gasteiger partial charge in [-0.1, -0.05) is 19.0 Å². The summed E-state index contributed by atoms with van der Waals surface area (Å²) in [4.78, 5) is 3.82. The number of aromatic nitrogens is 2. The quantitative estimate of drug-likeness (QED) is 0.890. The summed E-state index contributed by atoms with van der Waals surface area (Å²) in [5, 5.41) is 12.6. The molecular weight excluding hydrogens is 257 g/mol. The molecule has 0 fully saturated rings. The number of aliphatic hydroxyl groups excluding tert-OH is 1. The Morgan fingerprint density at radius 3 is 2.65 bits per heavy atom. The fourth-order valence-corrected chi connectivity index (χ4v) is 1.63. The zero-order valence-electron chi connectivity index (χ0n) is 9.36. The highest BCUT2D eigenvalue weighted by Gasteiger charge is 2.44. The molecule has 0 saturated carbocycles. The van der Waals surface area contributed by atoms with Crippen molar-refractivity contribution < 1.29 is 22.8 Å². The standard InChI is InChI=1S/C9H13F3N2O2S/c1-3-17-4-6-13-8(16-14-6)5(2)7(15)9(10,11)12/h5,7,15H,3-4H2,1-2H3. The molecule has 17 heavy (non-hydrogen) atoms. The first-order valence-corrected chi connectivity index (χ1v) is 6.16. The monoisotopic (exact) mass is 270 g/mol. The normalized spacial score (nSPS) is 15.9. The Morgan fingerprint density at radius 2 is 2.12 bits per heavy atom. The minimum atomic E-state index is -4.69. The highest BCUT2D eigenvalue weighted by atomic mass is 32.2. The van der Waals surface area contributed by atoms with E-state index in [1.54, 1.807) is 0 Å². The predicted molar refractivity (Wildman–Crippen MR) is 56.6 cm³/mol. The molecule has 1 N–H and O–H groups in total. The number of nitrogens with zero attached hydrogens (tertiary/aromatic N) is 2. The van der Waals surface area contributed by atoms with Crippen LogP contribution in [0.25, 0.3) is 0 Å². The van der Waals surface area contributed by atoms with Gasteiger partial charge in [-0.3, -0.25) is 0 Å². The molecule has 2 unspecified atom stereocenters. The molecule has 0 saturated heterocycles. The third kappa shape index (κ3) is 3.88. The zero-order chi connectivity index (χ0) is 13.1. The van der Waals surface area contributed by atoms with Crippen LogP contribution < -0.4 is 0 Å². The van der Waals surface area contributed by atoms with Crippen LogP contribution >= 0.6 is 11.8 Å². The fraction of sp³-hybridized carbons (Fsp3) is 0.778. The lowest BCUT2D eigenvalue weighted by molar-refractivity contribution is -0.210. The molecule has 8 heteroatoms. The van der Waals surface area contributed by atoms with Crippen molar-refractivity contribution in [1.82, 2.24) is 10.1 Å². The summed E-state index contributed by atoms with van der Waals surface area (Å²) >= 11 is 1.53. The first kappa shape index (κ1) is 14.3. The second-order valence-corrected chi connectivity index (χ2v) is 4.74. The Morgan fingerprint density at radius 1 is 1.47 bits per heavy atom. The molecule has 1 aromatic rings. The van der Waals surface area contributed by atoms with Crippen LogP contribution in [0.3, 0.4) is 0 Å². The summed E-state index contributed by atoms with van der Waals surface area (Å²) in [5.74, 6) is 0.219. The van der Waals surface area contributed by atoms with Crippen molar-refractivity contribution in [1.29, 1.82) is 0 Å². The predicted octanol–water partition coefficient (Wildman–Crippen LogP) is 2.35. The summed E-state index contributed by atoms with van der Waals surface area (Å²) in [7, 11) is 0. The van der Waals surface area contributed by atoms with E-state index >= 15 is 0 Å². The number of hydrogen-bond donors (Lipinski definition) is 1. The molecule has 0 aliphatic rings.